The van der Waals surface area contributed by atoms with Gasteiger partial charge >= 0.3 is 35.8 Å². The highest BCUT2D eigenvalue weighted by Gasteiger charge is 2.72. The maximum atomic E-state index is 13.3. The minimum atomic E-state index is -2.05. The number of hydrogen-bond acceptors (Lipinski definition) is 14. The lowest BCUT2D eigenvalue weighted by atomic mass is 9.50. The van der Waals surface area contributed by atoms with Crippen LogP contribution in [-0.4, -0.2) is 113 Å². The predicted molar refractivity (Wildman–Crippen MR) is 153 cm³/mol. The van der Waals surface area contributed by atoms with E-state index in [2.05, 4.69) is 9.64 Å². The fraction of sp³-hybridized carbons (Fsp3) is 0.548. The number of esters is 4. The Morgan fingerprint density at radius 2 is 1.77 bits per heavy atom. The highest BCUT2D eigenvalue weighted by molar-refractivity contribution is 5.88. The van der Waals surface area contributed by atoms with E-state index in [-0.39, 0.29) is 18.2 Å². The van der Waals surface area contributed by atoms with Crippen LogP contribution < -0.4 is 9.47 Å². The number of hydrogen-bond donors (Lipinski definition) is 3. The first-order valence-electron chi connectivity index (χ1n) is 14.9. The zero-order chi connectivity index (χ0) is 34.4. The molecule has 4 aliphatic rings. The number of piperidine rings is 1. The molecule has 2 bridgehead atoms. The van der Waals surface area contributed by atoms with E-state index in [1.165, 1.54) is 7.11 Å². The molecule has 0 amide bonds. The summed E-state index contributed by atoms with van der Waals surface area (Å²) < 4.78 is 32.3. The first kappa shape index (κ1) is 33.7. The van der Waals surface area contributed by atoms with Crippen LogP contribution in [0, 0.1) is 0 Å². The van der Waals surface area contributed by atoms with E-state index in [0.717, 1.165) is 25.0 Å². The van der Waals surface area contributed by atoms with Gasteiger partial charge < -0.3 is 48.6 Å². The molecule has 7 atom stereocenters. The second-order valence-electron chi connectivity index (χ2n) is 12.0. The van der Waals surface area contributed by atoms with Gasteiger partial charge in [-0.15, -0.1) is 0 Å². The monoisotopic (exact) mass is 661 g/mol. The third-order valence-electron chi connectivity index (χ3n) is 9.23. The van der Waals surface area contributed by atoms with E-state index in [0.29, 0.717) is 30.9 Å². The van der Waals surface area contributed by atoms with Crippen molar-refractivity contribution in [1.29, 1.82) is 0 Å². The van der Waals surface area contributed by atoms with Gasteiger partial charge in [-0.2, -0.15) is 0 Å². The lowest BCUT2D eigenvalue weighted by molar-refractivity contribution is -0.184. The molecule has 16 nitrogen and oxygen atoms in total. The Labute approximate surface area is 268 Å². The largest absolute Gasteiger partial charge is 0.493 e. The Morgan fingerprint density at radius 1 is 1.04 bits per heavy atom. The standard InChI is InChI=1S/C31H35NO15/c1-14(28(39)46-19(27(37)38)12-22(34)35)43-29(40)20(44-15(2)33)13-23(36)45-18-7-8-31(41)21-11-16-5-6-17(42-4)25-24(16)30(31,26(18)47-25)9-10-32(21)3/h5-7,14,19-21,26,41H,8-13H2,1-4H3,(H,34,35)(H,37,38)/t14-,19+,20-,21-,26-,30-,31+/m0/s1. The average Bonchev–Trinajstić information content (AvgIpc) is 3.35. The highest BCUT2D eigenvalue weighted by atomic mass is 16.6. The number of likely N-dealkylation sites (tertiary alicyclic amines) is 1. The van der Waals surface area contributed by atoms with E-state index in [9.17, 15) is 33.9 Å². The zero-order valence-electron chi connectivity index (χ0n) is 26.0. The zero-order valence-corrected chi connectivity index (χ0v) is 26.0. The molecule has 2 aliphatic heterocycles. The molecule has 1 saturated heterocycles. The molecule has 0 unspecified atom stereocenters. The Hall–Kier alpha value is -4.70. The summed E-state index contributed by atoms with van der Waals surface area (Å²) in [7, 11) is 3.45. The summed E-state index contributed by atoms with van der Waals surface area (Å²) in [5.74, 6) is -6.98. The number of carbonyl (C=O) groups is 6. The smallest absolute Gasteiger partial charge is 0.348 e. The third-order valence-corrected chi connectivity index (χ3v) is 9.23. The van der Waals surface area contributed by atoms with Gasteiger partial charge in [0.2, 0.25) is 12.2 Å². The number of carboxylic acid groups (broad SMARTS) is 2. The van der Waals surface area contributed by atoms with Crippen molar-refractivity contribution in [3.63, 3.8) is 0 Å². The minimum Gasteiger partial charge on any atom is -0.493 e. The molecule has 16 heteroatoms. The summed E-state index contributed by atoms with van der Waals surface area (Å²) in [5, 5.41) is 30.2. The highest BCUT2D eigenvalue weighted by Crippen LogP contribution is 2.65. The molecule has 47 heavy (non-hydrogen) atoms. The van der Waals surface area contributed by atoms with Crippen molar-refractivity contribution in [1.82, 2.24) is 4.90 Å². The molecule has 5 rings (SSSR count). The van der Waals surface area contributed by atoms with Gasteiger partial charge in [-0.1, -0.05) is 6.07 Å². The van der Waals surface area contributed by atoms with Gasteiger partial charge in [-0.25, -0.2) is 14.4 Å². The van der Waals surface area contributed by atoms with Crippen molar-refractivity contribution in [3.05, 3.63) is 35.1 Å². The first-order valence-corrected chi connectivity index (χ1v) is 14.9. The molecule has 1 aromatic rings. The molecule has 2 heterocycles. The quantitative estimate of drug-likeness (QED) is 0.202. The van der Waals surface area contributed by atoms with Crippen molar-refractivity contribution < 1.29 is 72.5 Å². The van der Waals surface area contributed by atoms with Crippen molar-refractivity contribution in [2.75, 3.05) is 20.7 Å². The van der Waals surface area contributed by atoms with E-state index < -0.39 is 84.1 Å². The molecular weight excluding hydrogens is 626 g/mol. The number of benzene rings is 1. The third kappa shape index (κ3) is 5.75. The van der Waals surface area contributed by atoms with Crippen LogP contribution in [0.1, 0.15) is 50.7 Å². The Bertz CT molecular complexity index is 1550. The molecule has 0 radical (unpaired) electrons. The normalized spacial score (nSPS) is 27.0. The fourth-order valence-electron chi connectivity index (χ4n) is 7.16. The maximum Gasteiger partial charge on any atom is 0.348 e. The number of aliphatic hydroxyl groups is 1. The van der Waals surface area contributed by atoms with Gasteiger partial charge in [0.05, 0.1) is 31.0 Å². The van der Waals surface area contributed by atoms with Gasteiger partial charge in [-0.05, 0) is 51.1 Å². The summed E-state index contributed by atoms with van der Waals surface area (Å²) in [6.07, 6.45) is -5.73. The molecule has 254 valence electrons. The van der Waals surface area contributed by atoms with E-state index in [1.807, 2.05) is 13.1 Å². The topological polar surface area (TPSA) is 222 Å². The number of rotatable bonds is 12. The van der Waals surface area contributed by atoms with Crippen molar-refractivity contribution in [3.8, 4) is 11.5 Å². The van der Waals surface area contributed by atoms with Crippen LogP contribution in [0.5, 0.6) is 11.5 Å². The van der Waals surface area contributed by atoms with Crippen LogP contribution in [0.2, 0.25) is 0 Å². The molecule has 2 aliphatic carbocycles. The Kier molecular flexibility index (Phi) is 8.94. The van der Waals surface area contributed by atoms with Crippen LogP contribution >= 0.6 is 0 Å². The van der Waals surface area contributed by atoms with E-state index >= 15 is 0 Å². The summed E-state index contributed by atoms with van der Waals surface area (Å²) >= 11 is 0. The first-order chi connectivity index (χ1) is 22.1. The Balaban J connectivity index is 1.33. The molecular formula is C31H35NO15. The number of likely N-dealkylation sites (N-methyl/N-ethyl adjacent to an activating group) is 1. The van der Waals surface area contributed by atoms with Crippen molar-refractivity contribution in [2.24, 2.45) is 0 Å². The number of aliphatic carboxylic acids is 2. The lowest BCUT2D eigenvalue weighted by Crippen LogP contribution is -2.74. The lowest BCUT2D eigenvalue weighted by Gasteiger charge is -2.61. The summed E-state index contributed by atoms with van der Waals surface area (Å²) in [5.41, 5.74) is -0.430. The van der Waals surface area contributed by atoms with Crippen LogP contribution in [0.3, 0.4) is 0 Å². The molecule has 1 aromatic carbocycles. The molecule has 0 saturated carbocycles. The average molecular weight is 662 g/mol. The van der Waals surface area contributed by atoms with Gasteiger partial charge in [0.15, 0.2) is 23.7 Å². The molecule has 3 N–H and O–H groups in total. The molecule has 1 fully saturated rings. The SMILES string of the molecule is COc1ccc2c3c1O[C@H]1C(OC(=O)C[C@H](OC(C)=O)C(=O)O[C@@H](C)C(=O)O[C@H](CC(=O)O)C(=O)O)=CC[C@@]4(O)[C@H](C2)N(C)CC[C@]314. The van der Waals surface area contributed by atoms with E-state index in [4.69, 9.17) is 33.9 Å². The fourth-order valence-corrected chi connectivity index (χ4v) is 7.16. The number of carbonyl (C=O) groups excluding carboxylic acids is 4. The Morgan fingerprint density at radius 3 is 2.40 bits per heavy atom. The summed E-state index contributed by atoms with van der Waals surface area (Å²) in [6.45, 7) is 2.63. The van der Waals surface area contributed by atoms with Crippen molar-refractivity contribution >= 4 is 35.8 Å². The van der Waals surface area contributed by atoms with Crippen LogP contribution in [0.15, 0.2) is 24.0 Å². The minimum absolute atomic E-state index is 0.0964. The van der Waals surface area contributed by atoms with Crippen molar-refractivity contribution in [2.45, 2.75) is 87.4 Å². The second kappa shape index (κ2) is 12.5. The van der Waals surface area contributed by atoms with E-state index in [1.54, 1.807) is 12.1 Å². The number of ether oxygens (including phenoxy) is 6. The van der Waals surface area contributed by atoms with Gasteiger partial charge in [-0.3, -0.25) is 14.4 Å². The van der Waals surface area contributed by atoms with Gasteiger partial charge in [0.25, 0.3) is 0 Å². The summed E-state index contributed by atoms with van der Waals surface area (Å²) in [6, 6.07) is 3.49. The number of methoxy groups -OCH3 is 1. The predicted octanol–water partition coefficient (Wildman–Crippen LogP) is 0.241. The number of carboxylic acids is 2. The van der Waals surface area contributed by atoms with Crippen LogP contribution in [-0.2, 0) is 59.6 Å². The van der Waals surface area contributed by atoms with Crippen LogP contribution in [0.25, 0.3) is 0 Å². The maximum absolute atomic E-state index is 13.3. The second-order valence-corrected chi connectivity index (χ2v) is 12.0. The number of nitrogens with zero attached hydrogens (tertiary/aromatic N) is 1. The van der Waals surface area contributed by atoms with Gasteiger partial charge in [0, 0.05) is 24.9 Å². The van der Waals surface area contributed by atoms with Gasteiger partial charge in [0.1, 0.15) is 5.76 Å². The molecule has 1 spiro atoms. The van der Waals surface area contributed by atoms with Crippen LogP contribution in [0.4, 0.5) is 0 Å². The summed E-state index contributed by atoms with van der Waals surface area (Å²) in [4.78, 5) is 74.5. The molecule has 0 aromatic heterocycles.